The lowest BCUT2D eigenvalue weighted by atomic mass is 10.1. The number of aliphatic hydroxyl groups is 1. The lowest BCUT2D eigenvalue weighted by Gasteiger charge is -2.34. The van der Waals surface area contributed by atoms with Crippen LogP contribution in [0.25, 0.3) is 0 Å². The molecule has 0 radical (unpaired) electrons. The Hall–Kier alpha value is -3.62. The van der Waals surface area contributed by atoms with E-state index in [1.807, 2.05) is 5.01 Å². The number of hydrazine groups is 1. The number of methoxy groups -OCH3 is 1. The number of ether oxygens (including phenoxy) is 1. The van der Waals surface area contributed by atoms with Gasteiger partial charge in [-0.1, -0.05) is 12.8 Å². The molecule has 0 unspecified atom stereocenters. The minimum atomic E-state index is -3.56. The van der Waals surface area contributed by atoms with Crippen LogP contribution < -0.4 is 25.3 Å². The van der Waals surface area contributed by atoms with Crippen molar-refractivity contribution in [2.45, 2.75) is 37.6 Å². The number of piperazine rings is 1. The SMILES string of the molecule is COc1cc(C(=O)NN2CCN(CCO)CC2)ccc1Nc1ncc2c(n1)N(C1CCCC1)CC(F)(F)C(=O)N2C. The second-order valence-electron chi connectivity index (χ2n) is 10.6. The van der Waals surface area contributed by atoms with E-state index in [0.717, 1.165) is 43.7 Å². The van der Waals surface area contributed by atoms with E-state index in [1.165, 1.54) is 20.4 Å². The van der Waals surface area contributed by atoms with Crippen molar-refractivity contribution < 1.29 is 28.2 Å². The highest BCUT2D eigenvalue weighted by Gasteiger charge is 2.48. The highest BCUT2D eigenvalue weighted by atomic mass is 19.3. The highest BCUT2D eigenvalue weighted by Crippen LogP contribution is 2.40. The topological polar surface area (TPSA) is 126 Å². The van der Waals surface area contributed by atoms with E-state index < -0.39 is 18.4 Å². The molecule has 12 nitrogen and oxygen atoms in total. The number of aliphatic hydroxyl groups excluding tert-OH is 1. The van der Waals surface area contributed by atoms with E-state index in [-0.39, 0.29) is 36.0 Å². The molecule has 222 valence electrons. The highest BCUT2D eigenvalue weighted by molar-refractivity contribution is 6.02. The number of β-amino-alcohol motifs (C(OH)–C–C–N with tert-alkyl or cyclic N) is 1. The average Bonchev–Trinajstić information content (AvgIpc) is 3.49. The van der Waals surface area contributed by atoms with Crippen LogP contribution >= 0.6 is 0 Å². The Morgan fingerprint density at radius 1 is 1.20 bits per heavy atom. The summed E-state index contributed by atoms with van der Waals surface area (Å²) in [5, 5.41) is 14.0. The van der Waals surface area contributed by atoms with E-state index in [2.05, 4.69) is 25.6 Å². The summed E-state index contributed by atoms with van der Waals surface area (Å²) in [7, 11) is 2.79. The zero-order valence-corrected chi connectivity index (χ0v) is 23.3. The number of nitrogens with one attached hydrogen (secondary N) is 2. The molecule has 2 fully saturated rings. The third-order valence-electron chi connectivity index (χ3n) is 7.89. The first-order valence-electron chi connectivity index (χ1n) is 13.8. The van der Waals surface area contributed by atoms with E-state index in [1.54, 1.807) is 23.1 Å². The number of rotatable bonds is 8. The lowest BCUT2D eigenvalue weighted by molar-refractivity contribution is -0.140. The first-order valence-corrected chi connectivity index (χ1v) is 13.8. The minimum Gasteiger partial charge on any atom is -0.495 e. The molecule has 1 aromatic carbocycles. The molecule has 1 saturated heterocycles. The van der Waals surface area contributed by atoms with E-state index >= 15 is 0 Å². The van der Waals surface area contributed by atoms with Crippen LogP contribution in [0, 0.1) is 0 Å². The number of carbonyl (C=O) groups is 2. The molecule has 0 atom stereocenters. The molecule has 14 heteroatoms. The Balaban J connectivity index is 1.34. The molecule has 3 heterocycles. The van der Waals surface area contributed by atoms with Crippen LogP contribution in [0.3, 0.4) is 0 Å². The lowest BCUT2D eigenvalue weighted by Crippen LogP contribution is -2.53. The van der Waals surface area contributed by atoms with Gasteiger partial charge in [0.05, 0.1) is 32.1 Å². The number of hydrogen-bond donors (Lipinski definition) is 3. The predicted molar refractivity (Wildman–Crippen MR) is 149 cm³/mol. The fourth-order valence-electron chi connectivity index (χ4n) is 5.59. The van der Waals surface area contributed by atoms with E-state index in [0.29, 0.717) is 36.6 Å². The van der Waals surface area contributed by atoms with Gasteiger partial charge >= 0.3 is 5.92 Å². The molecular formula is C27H36F2N8O4. The second kappa shape index (κ2) is 12.1. The number of benzene rings is 1. The maximum atomic E-state index is 14.9. The van der Waals surface area contributed by atoms with Gasteiger partial charge in [0.1, 0.15) is 11.4 Å². The third-order valence-corrected chi connectivity index (χ3v) is 7.89. The van der Waals surface area contributed by atoms with Gasteiger partial charge in [-0.15, -0.1) is 0 Å². The quantitative estimate of drug-likeness (QED) is 0.430. The van der Waals surface area contributed by atoms with Crippen molar-refractivity contribution in [3.8, 4) is 5.75 Å². The normalized spacial score (nSPS) is 20.1. The van der Waals surface area contributed by atoms with Crippen molar-refractivity contribution in [1.82, 2.24) is 25.3 Å². The Labute approximate surface area is 237 Å². The zero-order valence-electron chi connectivity index (χ0n) is 23.3. The van der Waals surface area contributed by atoms with Crippen LogP contribution in [0.2, 0.25) is 0 Å². The van der Waals surface area contributed by atoms with Crippen LogP contribution in [-0.2, 0) is 4.79 Å². The van der Waals surface area contributed by atoms with Crippen LogP contribution in [0.1, 0.15) is 36.0 Å². The van der Waals surface area contributed by atoms with Crippen LogP contribution in [0.15, 0.2) is 24.4 Å². The Kier molecular flexibility index (Phi) is 8.52. The largest absolute Gasteiger partial charge is 0.495 e. The first kappa shape index (κ1) is 28.9. The number of aromatic nitrogens is 2. The zero-order chi connectivity index (χ0) is 29.1. The number of alkyl halides is 2. The van der Waals surface area contributed by atoms with Crippen LogP contribution in [-0.4, -0.2) is 109 Å². The van der Waals surface area contributed by atoms with Gasteiger partial charge in [-0.3, -0.25) is 19.9 Å². The fourth-order valence-corrected chi connectivity index (χ4v) is 5.59. The molecule has 2 aromatic rings. The summed E-state index contributed by atoms with van der Waals surface area (Å²) >= 11 is 0. The minimum absolute atomic E-state index is 0.106. The molecule has 1 aromatic heterocycles. The number of halogens is 2. The summed E-state index contributed by atoms with van der Waals surface area (Å²) in [6.07, 6.45) is 4.73. The van der Waals surface area contributed by atoms with Crippen molar-refractivity contribution in [3.05, 3.63) is 30.0 Å². The first-order chi connectivity index (χ1) is 19.7. The molecule has 3 aliphatic rings. The number of amides is 2. The second-order valence-corrected chi connectivity index (χ2v) is 10.6. The van der Waals surface area contributed by atoms with Gasteiger partial charge in [0.2, 0.25) is 5.95 Å². The monoisotopic (exact) mass is 574 g/mol. The standard InChI is InChI=1S/C27H36F2N8O4/c1-34-21-16-30-26(32-23(21)37(19-5-3-4-6-19)17-27(28,29)25(34)40)31-20-8-7-18(15-22(20)41-2)24(39)33-36-11-9-35(10-12-36)13-14-38/h7-8,15-16,19,38H,3-6,9-14,17H2,1-2H3,(H,33,39)(H,30,31,32). The van der Waals surface area contributed by atoms with Crippen LogP contribution in [0.5, 0.6) is 5.75 Å². The maximum absolute atomic E-state index is 14.9. The van der Waals surface area contributed by atoms with Crippen molar-refractivity contribution in [2.75, 3.05) is 75.1 Å². The molecule has 5 rings (SSSR count). The Bertz CT molecular complexity index is 1270. The summed E-state index contributed by atoms with van der Waals surface area (Å²) in [6, 6.07) is 4.76. The van der Waals surface area contributed by atoms with Gasteiger partial charge in [0.25, 0.3) is 11.8 Å². The summed E-state index contributed by atoms with van der Waals surface area (Å²) in [4.78, 5) is 38.9. The predicted octanol–water partition coefficient (Wildman–Crippen LogP) is 1.84. The Morgan fingerprint density at radius 2 is 1.93 bits per heavy atom. The molecular weight excluding hydrogens is 538 g/mol. The molecule has 1 aliphatic carbocycles. The molecule has 2 aliphatic heterocycles. The van der Waals surface area contributed by atoms with Crippen molar-refractivity contribution in [2.24, 2.45) is 0 Å². The molecule has 0 bridgehead atoms. The smallest absolute Gasteiger partial charge is 0.342 e. The number of carbonyl (C=O) groups excluding carboxylic acids is 2. The fraction of sp³-hybridized carbons (Fsp3) is 0.556. The molecule has 1 saturated carbocycles. The van der Waals surface area contributed by atoms with Gasteiger partial charge in [-0.2, -0.15) is 13.8 Å². The Morgan fingerprint density at radius 3 is 2.61 bits per heavy atom. The maximum Gasteiger partial charge on any atom is 0.342 e. The summed E-state index contributed by atoms with van der Waals surface area (Å²) < 4.78 is 35.3. The van der Waals surface area contributed by atoms with Crippen LogP contribution in [0.4, 0.5) is 31.9 Å². The number of nitrogens with zero attached hydrogens (tertiary/aromatic N) is 6. The van der Waals surface area contributed by atoms with Gasteiger partial charge in [0, 0.05) is 51.4 Å². The molecule has 3 N–H and O–H groups in total. The van der Waals surface area contributed by atoms with Crippen molar-refractivity contribution in [3.63, 3.8) is 0 Å². The number of anilines is 4. The van der Waals surface area contributed by atoms with Crippen molar-refractivity contribution >= 4 is 35.0 Å². The van der Waals surface area contributed by atoms with Gasteiger partial charge in [-0.25, -0.2) is 9.99 Å². The number of hydrogen-bond acceptors (Lipinski definition) is 10. The third kappa shape index (κ3) is 6.19. The summed E-state index contributed by atoms with van der Waals surface area (Å²) in [5.41, 5.74) is 4.01. The molecule has 0 spiro atoms. The number of fused-ring (bicyclic) bond motifs is 1. The molecule has 2 amide bonds. The van der Waals surface area contributed by atoms with Gasteiger partial charge in [0.15, 0.2) is 5.82 Å². The van der Waals surface area contributed by atoms with Gasteiger partial charge in [-0.05, 0) is 31.0 Å². The molecule has 41 heavy (non-hydrogen) atoms. The van der Waals surface area contributed by atoms with E-state index in [4.69, 9.17) is 9.84 Å². The summed E-state index contributed by atoms with van der Waals surface area (Å²) in [5.74, 6) is -4.34. The summed E-state index contributed by atoms with van der Waals surface area (Å²) in [6.45, 7) is 2.75. The average molecular weight is 575 g/mol. The van der Waals surface area contributed by atoms with Gasteiger partial charge < -0.3 is 25.0 Å². The van der Waals surface area contributed by atoms with Crippen molar-refractivity contribution in [1.29, 1.82) is 0 Å². The van der Waals surface area contributed by atoms with E-state index in [9.17, 15) is 18.4 Å².